The molecule has 1 N–H and O–H groups in total. The van der Waals surface area contributed by atoms with E-state index >= 15 is 0 Å². The van der Waals surface area contributed by atoms with E-state index < -0.39 is 0 Å². The molecule has 2 heteroatoms. The SMILES string of the molecule is Cc1ccc(OC2C(C)CC(C)CC2O)cc1C. The van der Waals surface area contributed by atoms with Gasteiger partial charge in [0.2, 0.25) is 0 Å². The molecular weight excluding hydrogens is 224 g/mol. The molecule has 0 aromatic heterocycles. The van der Waals surface area contributed by atoms with E-state index in [2.05, 4.69) is 39.8 Å². The van der Waals surface area contributed by atoms with Gasteiger partial charge in [0, 0.05) is 0 Å². The van der Waals surface area contributed by atoms with Gasteiger partial charge >= 0.3 is 0 Å². The second-order valence-electron chi connectivity index (χ2n) is 5.95. The van der Waals surface area contributed by atoms with Gasteiger partial charge in [0.1, 0.15) is 11.9 Å². The van der Waals surface area contributed by atoms with Gasteiger partial charge in [0.25, 0.3) is 0 Å². The second kappa shape index (κ2) is 5.31. The van der Waals surface area contributed by atoms with E-state index in [9.17, 15) is 5.11 Å². The molecule has 4 atom stereocenters. The van der Waals surface area contributed by atoms with Crippen LogP contribution in [0.3, 0.4) is 0 Å². The molecule has 1 aliphatic rings. The predicted octanol–water partition coefficient (Wildman–Crippen LogP) is 3.48. The molecule has 0 saturated heterocycles. The number of rotatable bonds is 2. The highest BCUT2D eigenvalue weighted by molar-refractivity contribution is 5.34. The lowest BCUT2D eigenvalue weighted by molar-refractivity contribution is -0.0388. The summed E-state index contributed by atoms with van der Waals surface area (Å²) >= 11 is 0. The molecule has 4 unspecified atom stereocenters. The first-order valence-corrected chi connectivity index (χ1v) is 6.89. The van der Waals surface area contributed by atoms with Crippen LogP contribution in [0.5, 0.6) is 5.75 Å². The van der Waals surface area contributed by atoms with Gasteiger partial charge in [0.05, 0.1) is 6.10 Å². The molecule has 1 aromatic rings. The number of ether oxygens (including phenoxy) is 1. The van der Waals surface area contributed by atoms with Gasteiger partial charge in [-0.15, -0.1) is 0 Å². The van der Waals surface area contributed by atoms with Crippen molar-refractivity contribution < 1.29 is 9.84 Å². The smallest absolute Gasteiger partial charge is 0.127 e. The highest BCUT2D eigenvalue weighted by atomic mass is 16.5. The summed E-state index contributed by atoms with van der Waals surface area (Å²) in [5, 5.41) is 10.2. The van der Waals surface area contributed by atoms with Crippen LogP contribution in [0.4, 0.5) is 0 Å². The molecule has 18 heavy (non-hydrogen) atoms. The maximum absolute atomic E-state index is 10.2. The van der Waals surface area contributed by atoms with Gasteiger partial charge in [-0.2, -0.15) is 0 Å². The first kappa shape index (κ1) is 13.4. The Labute approximate surface area is 110 Å². The zero-order valence-electron chi connectivity index (χ0n) is 11.8. The molecule has 100 valence electrons. The van der Waals surface area contributed by atoms with Gasteiger partial charge in [-0.1, -0.05) is 19.9 Å². The van der Waals surface area contributed by atoms with E-state index in [-0.39, 0.29) is 12.2 Å². The van der Waals surface area contributed by atoms with Crippen LogP contribution in [0.15, 0.2) is 18.2 Å². The van der Waals surface area contributed by atoms with Gasteiger partial charge in [-0.25, -0.2) is 0 Å². The maximum atomic E-state index is 10.2. The minimum atomic E-state index is -0.342. The van der Waals surface area contributed by atoms with Crippen molar-refractivity contribution in [3.05, 3.63) is 29.3 Å². The molecule has 1 fully saturated rings. The maximum Gasteiger partial charge on any atom is 0.127 e. The third kappa shape index (κ3) is 2.86. The fraction of sp³-hybridized carbons (Fsp3) is 0.625. The molecule has 0 bridgehead atoms. The van der Waals surface area contributed by atoms with Crippen LogP contribution < -0.4 is 4.74 Å². The van der Waals surface area contributed by atoms with Crippen LogP contribution in [-0.4, -0.2) is 17.3 Å². The zero-order valence-corrected chi connectivity index (χ0v) is 11.8. The van der Waals surface area contributed by atoms with E-state index in [1.807, 2.05) is 6.07 Å². The highest BCUT2D eigenvalue weighted by Gasteiger charge is 2.34. The van der Waals surface area contributed by atoms with Gasteiger partial charge in [0.15, 0.2) is 0 Å². The molecule has 1 aliphatic carbocycles. The molecule has 1 aromatic carbocycles. The molecule has 0 spiro atoms. The van der Waals surface area contributed by atoms with Crippen LogP contribution >= 0.6 is 0 Å². The van der Waals surface area contributed by atoms with Crippen molar-refractivity contribution in [3.63, 3.8) is 0 Å². The summed E-state index contributed by atoms with van der Waals surface area (Å²) in [7, 11) is 0. The Hall–Kier alpha value is -1.02. The second-order valence-corrected chi connectivity index (χ2v) is 5.95. The van der Waals surface area contributed by atoms with Crippen molar-refractivity contribution in [1.29, 1.82) is 0 Å². The van der Waals surface area contributed by atoms with E-state index in [0.29, 0.717) is 11.8 Å². The van der Waals surface area contributed by atoms with E-state index in [4.69, 9.17) is 4.74 Å². The molecule has 0 amide bonds. The van der Waals surface area contributed by atoms with Crippen LogP contribution in [0.25, 0.3) is 0 Å². The average molecular weight is 248 g/mol. The third-order valence-corrected chi connectivity index (χ3v) is 4.11. The normalized spacial score (nSPS) is 32.3. The quantitative estimate of drug-likeness (QED) is 0.868. The average Bonchev–Trinajstić information content (AvgIpc) is 2.28. The lowest BCUT2D eigenvalue weighted by atomic mass is 9.79. The predicted molar refractivity (Wildman–Crippen MR) is 73.9 cm³/mol. The summed E-state index contributed by atoms with van der Waals surface area (Å²) in [6.07, 6.45) is 1.57. The summed E-state index contributed by atoms with van der Waals surface area (Å²) in [6, 6.07) is 6.14. The number of aliphatic hydroxyl groups excluding tert-OH is 1. The molecule has 0 heterocycles. The Morgan fingerprint density at radius 1 is 1.11 bits per heavy atom. The molecule has 2 rings (SSSR count). The fourth-order valence-electron chi connectivity index (χ4n) is 2.93. The fourth-order valence-corrected chi connectivity index (χ4v) is 2.93. The van der Waals surface area contributed by atoms with Crippen molar-refractivity contribution in [2.45, 2.75) is 52.7 Å². The summed E-state index contributed by atoms with van der Waals surface area (Å²) < 4.78 is 6.01. The van der Waals surface area contributed by atoms with Crippen LogP contribution in [-0.2, 0) is 0 Å². The van der Waals surface area contributed by atoms with E-state index in [0.717, 1.165) is 18.6 Å². The third-order valence-electron chi connectivity index (χ3n) is 4.11. The number of hydrogen-bond donors (Lipinski definition) is 1. The lowest BCUT2D eigenvalue weighted by Gasteiger charge is -2.36. The lowest BCUT2D eigenvalue weighted by Crippen LogP contribution is -2.43. The number of aliphatic hydroxyl groups is 1. The monoisotopic (exact) mass is 248 g/mol. The standard InChI is InChI=1S/C16H24O2/c1-10-7-13(4)16(15(17)8-10)18-14-6-5-11(2)12(3)9-14/h5-6,9-10,13,15-17H,7-8H2,1-4H3. The molecule has 0 radical (unpaired) electrons. The summed E-state index contributed by atoms with van der Waals surface area (Å²) in [5.74, 6) is 1.88. The Morgan fingerprint density at radius 3 is 2.44 bits per heavy atom. The van der Waals surface area contributed by atoms with Crippen molar-refractivity contribution in [1.82, 2.24) is 0 Å². The first-order chi connectivity index (χ1) is 8.47. The molecular formula is C16H24O2. The molecule has 0 aliphatic heterocycles. The first-order valence-electron chi connectivity index (χ1n) is 6.89. The van der Waals surface area contributed by atoms with E-state index in [1.165, 1.54) is 11.1 Å². The number of aryl methyl sites for hydroxylation is 2. The largest absolute Gasteiger partial charge is 0.487 e. The molecule has 2 nitrogen and oxygen atoms in total. The van der Waals surface area contributed by atoms with Gasteiger partial charge in [-0.3, -0.25) is 0 Å². The minimum Gasteiger partial charge on any atom is -0.487 e. The zero-order chi connectivity index (χ0) is 13.3. The Kier molecular flexibility index (Phi) is 3.96. The van der Waals surface area contributed by atoms with E-state index in [1.54, 1.807) is 0 Å². The summed E-state index contributed by atoms with van der Waals surface area (Å²) in [4.78, 5) is 0. The Morgan fingerprint density at radius 2 is 1.83 bits per heavy atom. The summed E-state index contributed by atoms with van der Waals surface area (Å²) in [5.41, 5.74) is 2.51. The highest BCUT2D eigenvalue weighted by Crippen LogP contribution is 2.32. The van der Waals surface area contributed by atoms with Gasteiger partial charge < -0.3 is 9.84 Å². The van der Waals surface area contributed by atoms with Crippen LogP contribution in [0.2, 0.25) is 0 Å². The van der Waals surface area contributed by atoms with Crippen molar-refractivity contribution in [2.24, 2.45) is 11.8 Å². The summed E-state index contributed by atoms with van der Waals surface area (Å²) in [6.45, 7) is 8.56. The Balaban J connectivity index is 2.10. The number of hydrogen-bond acceptors (Lipinski definition) is 2. The van der Waals surface area contributed by atoms with Crippen molar-refractivity contribution in [2.75, 3.05) is 0 Å². The van der Waals surface area contributed by atoms with Crippen LogP contribution in [0, 0.1) is 25.7 Å². The van der Waals surface area contributed by atoms with Crippen molar-refractivity contribution >= 4 is 0 Å². The number of benzene rings is 1. The minimum absolute atomic E-state index is 0.0664. The topological polar surface area (TPSA) is 29.5 Å². The van der Waals surface area contributed by atoms with Crippen molar-refractivity contribution in [3.8, 4) is 5.75 Å². The van der Waals surface area contributed by atoms with Crippen LogP contribution in [0.1, 0.15) is 37.8 Å². The molecule has 1 saturated carbocycles. The Bertz CT molecular complexity index is 402. The van der Waals surface area contributed by atoms with Gasteiger partial charge in [-0.05, 0) is 61.8 Å².